The van der Waals surface area contributed by atoms with Gasteiger partial charge in [-0.25, -0.2) is 16.8 Å². The molecule has 0 unspecified atom stereocenters. The molecule has 276 valence electrons. The van der Waals surface area contributed by atoms with Gasteiger partial charge in [0.05, 0.1) is 38.5 Å². The maximum atomic E-state index is 11.4. The molecule has 14 heteroatoms. The highest BCUT2D eigenvalue weighted by Crippen LogP contribution is 2.48. The zero-order valence-electron chi connectivity index (χ0n) is 29.3. The number of anilines is 1. The average Bonchev–Trinajstić information content (AvgIpc) is 3.33. The molecule has 51 heavy (non-hydrogen) atoms. The molecule has 0 radical (unpaired) electrons. The first-order valence-corrected chi connectivity index (χ1v) is 19.9. The molecule has 0 saturated heterocycles. The lowest BCUT2D eigenvalue weighted by Gasteiger charge is -2.27. The zero-order valence-corrected chi connectivity index (χ0v) is 30.9. The second-order valence-corrected chi connectivity index (χ2v) is 17.1. The van der Waals surface area contributed by atoms with Gasteiger partial charge in [-0.15, -0.1) is 0 Å². The van der Waals surface area contributed by atoms with E-state index in [0.717, 1.165) is 33.9 Å². The average molecular weight is 742 g/mol. The lowest BCUT2D eigenvalue weighted by atomic mass is 9.80. The zero-order chi connectivity index (χ0) is 37.8. The number of carbonyl (C=O) groups is 2. The van der Waals surface area contributed by atoms with E-state index in [9.17, 15) is 45.7 Å². The molecule has 2 aromatic rings. The highest BCUT2D eigenvalue weighted by atomic mass is 32.2. The van der Waals surface area contributed by atoms with E-state index in [1.165, 1.54) is 0 Å². The summed E-state index contributed by atoms with van der Waals surface area (Å²) in [4.78, 5) is 24.9. The molecule has 2 aromatic carbocycles. The third kappa shape index (κ3) is 10.0. The van der Waals surface area contributed by atoms with Crippen molar-refractivity contribution in [1.82, 2.24) is 0 Å². The molecule has 0 amide bonds. The Morgan fingerprint density at radius 3 is 1.92 bits per heavy atom. The Bertz CT molecular complexity index is 2020. The Balaban J connectivity index is 1.65. The first kappa shape index (κ1) is 39.7. The summed E-state index contributed by atoms with van der Waals surface area (Å²) in [5, 5.41) is 18.7. The van der Waals surface area contributed by atoms with Crippen LogP contribution in [0.1, 0.15) is 75.6 Å². The van der Waals surface area contributed by atoms with Crippen molar-refractivity contribution in [3.8, 4) is 0 Å². The molecule has 2 heterocycles. The van der Waals surface area contributed by atoms with Gasteiger partial charge < -0.3 is 24.2 Å². The highest BCUT2D eigenvalue weighted by molar-refractivity contribution is 7.85. The lowest BCUT2D eigenvalue weighted by Crippen LogP contribution is -2.28. The molecule has 0 fully saturated rings. The second kappa shape index (κ2) is 15.6. The van der Waals surface area contributed by atoms with Crippen LogP contribution in [-0.4, -0.2) is 83.0 Å². The van der Waals surface area contributed by atoms with E-state index in [0.29, 0.717) is 37.1 Å². The van der Waals surface area contributed by atoms with Crippen LogP contribution in [0.5, 0.6) is 0 Å². The molecule has 2 aliphatic rings. The normalized spacial score (nSPS) is 17.5. The molecule has 0 aliphatic carbocycles. The van der Waals surface area contributed by atoms with Crippen LogP contribution in [0.4, 0.5) is 11.4 Å². The molecule has 4 rings (SSSR count). The Kier molecular flexibility index (Phi) is 12.2. The summed E-state index contributed by atoms with van der Waals surface area (Å²) in [6.07, 6.45) is 10.6. The predicted molar refractivity (Wildman–Crippen MR) is 193 cm³/mol. The van der Waals surface area contributed by atoms with E-state index in [4.69, 9.17) is 0 Å². The number of allylic oxidation sites excluding steroid dienone is 6. The number of fused-ring (bicyclic) bond motifs is 2. The van der Waals surface area contributed by atoms with Crippen molar-refractivity contribution in [2.24, 2.45) is 0 Å². The molecule has 0 atom stereocenters. The van der Waals surface area contributed by atoms with Gasteiger partial charge in [-0.1, -0.05) is 50.3 Å². The van der Waals surface area contributed by atoms with Crippen molar-refractivity contribution < 1.29 is 50.3 Å². The molecule has 0 saturated carbocycles. The van der Waals surface area contributed by atoms with E-state index < -0.39 is 54.5 Å². The minimum Gasteiger partial charge on any atom is -0.748 e. The van der Waals surface area contributed by atoms with E-state index in [1.54, 1.807) is 12.1 Å². The smallest absolute Gasteiger partial charge is 0.307 e. The standard InChI is InChI=1S/C37H46N2O10S2/c1-36(2)28-22-26(24-34(40)41)14-16-30(28)38(18-8-10-20-50(44,45)46)32(36)12-6-5-7-13-33-37(3,4)29-23-27(25-35(42)43)15-17-31(29)39(33)19-9-11-21-51(47,48)49/h5-7,12-17,22-23H,8-11,18-21,24-25H2,1-4H3,(H3-,40,41,42,43,44,45,46,47,48,49)/p-1. The van der Waals surface area contributed by atoms with Crippen molar-refractivity contribution in [2.45, 2.75) is 77.0 Å². The quantitative estimate of drug-likeness (QED) is 0.0982. The van der Waals surface area contributed by atoms with Crippen LogP contribution in [-0.2, 0) is 53.5 Å². The molecular weight excluding hydrogens is 697 g/mol. The molecular formula is C37H45N2O10S2-. The van der Waals surface area contributed by atoms with Crippen molar-refractivity contribution in [1.29, 1.82) is 0 Å². The van der Waals surface area contributed by atoms with Crippen LogP contribution in [0, 0.1) is 0 Å². The summed E-state index contributed by atoms with van der Waals surface area (Å²) in [5.41, 5.74) is 5.78. The van der Waals surface area contributed by atoms with Gasteiger partial charge in [-0.3, -0.25) is 9.59 Å². The number of benzene rings is 2. The van der Waals surface area contributed by atoms with Crippen LogP contribution < -0.4 is 4.90 Å². The van der Waals surface area contributed by atoms with Crippen LogP contribution in [0.15, 0.2) is 72.5 Å². The number of carboxylic acids is 2. The molecule has 0 bridgehead atoms. The van der Waals surface area contributed by atoms with Crippen molar-refractivity contribution in [3.05, 3.63) is 94.7 Å². The first-order chi connectivity index (χ1) is 23.7. The SMILES string of the molecule is CC1(C)C(/C=C/C=C/C=C2/N(CCCCS(=O)(=O)[O-])c3ccc(CC(=O)O)cc3C2(C)C)=[N+](CCCCS(=O)(=O)[O-])c2ccc(CC(=O)O)cc21. The van der Waals surface area contributed by atoms with E-state index in [-0.39, 0.29) is 25.7 Å². The summed E-state index contributed by atoms with van der Waals surface area (Å²) >= 11 is 0. The Hall–Kier alpha value is -4.11. The van der Waals surface area contributed by atoms with Crippen LogP contribution in [0.2, 0.25) is 0 Å². The van der Waals surface area contributed by atoms with Crippen LogP contribution >= 0.6 is 0 Å². The topological polar surface area (TPSA) is 195 Å². The maximum Gasteiger partial charge on any atom is 0.307 e. The fourth-order valence-electron chi connectivity index (χ4n) is 6.95. The Morgan fingerprint density at radius 2 is 1.33 bits per heavy atom. The number of hydrogen-bond acceptors (Lipinski definition) is 9. The van der Waals surface area contributed by atoms with E-state index >= 15 is 0 Å². The first-order valence-electron chi connectivity index (χ1n) is 16.8. The van der Waals surface area contributed by atoms with E-state index in [2.05, 4.69) is 9.48 Å². The summed E-state index contributed by atoms with van der Waals surface area (Å²) in [5.74, 6) is -2.78. The fraction of sp³-hybridized carbons (Fsp3) is 0.432. The van der Waals surface area contributed by atoms with Crippen molar-refractivity contribution >= 4 is 49.3 Å². The van der Waals surface area contributed by atoms with E-state index in [1.807, 2.05) is 82.3 Å². The molecule has 2 aliphatic heterocycles. The molecule has 2 N–H and O–H groups in total. The molecule has 0 spiro atoms. The minimum atomic E-state index is -4.33. The van der Waals surface area contributed by atoms with Gasteiger partial charge in [0.2, 0.25) is 5.69 Å². The Labute approximate surface area is 300 Å². The summed E-state index contributed by atoms with van der Waals surface area (Å²) in [6.45, 7) is 9.06. The fourth-order valence-corrected chi connectivity index (χ4v) is 8.07. The van der Waals surface area contributed by atoms with Crippen molar-refractivity contribution in [2.75, 3.05) is 29.5 Å². The van der Waals surface area contributed by atoms with Crippen LogP contribution in [0.25, 0.3) is 0 Å². The predicted octanol–water partition coefficient (Wildman–Crippen LogP) is 4.76. The van der Waals surface area contributed by atoms with Gasteiger partial charge in [0.1, 0.15) is 6.54 Å². The summed E-state index contributed by atoms with van der Waals surface area (Å²) in [6, 6.07) is 11.1. The van der Waals surface area contributed by atoms with Gasteiger partial charge in [-0.05, 0) is 68.0 Å². The largest absolute Gasteiger partial charge is 0.748 e. The lowest BCUT2D eigenvalue weighted by molar-refractivity contribution is -0.438. The minimum absolute atomic E-state index is 0.122. The maximum absolute atomic E-state index is 11.4. The second-order valence-electron chi connectivity index (χ2n) is 14.0. The molecule has 12 nitrogen and oxygen atoms in total. The highest BCUT2D eigenvalue weighted by Gasteiger charge is 2.44. The van der Waals surface area contributed by atoms with Gasteiger partial charge in [0, 0.05) is 59.0 Å². The third-order valence-electron chi connectivity index (χ3n) is 9.41. The summed E-state index contributed by atoms with van der Waals surface area (Å²) in [7, 11) is -8.67. The van der Waals surface area contributed by atoms with Gasteiger partial charge >= 0.3 is 11.9 Å². The monoisotopic (exact) mass is 741 g/mol. The van der Waals surface area contributed by atoms with Gasteiger partial charge in [-0.2, -0.15) is 4.58 Å². The van der Waals surface area contributed by atoms with Gasteiger partial charge in [0.25, 0.3) is 0 Å². The number of rotatable bonds is 17. The van der Waals surface area contributed by atoms with Gasteiger partial charge in [0.15, 0.2) is 5.71 Å². The third-order valence-corrected chi connectivity index (χ3v) is 11.0. The summed E-state index contributed by atoms with van der Waals surface area (Å²) < 4.78 is 69.2. The Morgan fingerprint density at radius 1 is 0.765 bits per heavy atom. The van der Waals surface area contributed by atoms with Crippen LogP contribution in [0.3, 0.4) is 0 Å². The number of carboxylic acid groups (broad SMARTS) is 2. The number of nitrogens with zero attached hydrogens (tertiary/aromatic N) is 2. The number of hydrogen-bond donors (Lipinski definition) is 2. The number of aliphatic carboxylic acids is 2. The van der Waals surface area contributed by atoms with Crippen molar-refractivity contribution in [3.63, 3.8) is 0 Å². The number of unbranched alkanes of at least 4 members (excludes halogenated alkanes) is 2. The molecule has 0 aromatic heterocycles.